The van der Waals surface area contributed by atoms with Crippen LogP contribution in [0, 0.1) is 0 Å². The summed E-state index contributed by atoms with van der Waals surface area (Å²) in [4.78, 5) is 13.6. The van der Waals surface area contributed by atoms with E-state index in [0.717, 1.165) is 11.3 Å². The van der Waals surface area contributed by atoms with Gasteiger partial charge >= 0.3 is 0 Å². The molecule has 2 aromatic carbocycles. The highest BCUT2D eigenvalue weighted by atomic mass is 35.5. The molecule has 0 unspecified atom stereocenters. The number of carbonyl (C=O) groups is 1. The van der Waals surface area contributed by atoms with Gasteiger partial charge in [-0.05, 0) is 48.4 Å². The van der Waals surface area contributed by atoms with Gasteiger partial charge in [-0.3, -0.25) is 9.52 Å². The van der Waals surface area contributed by atoms with Crippen molar-refractivity contribution in [3.63, 3.8) is 0 Å². The molecule has 1 N–H and O–H groups in total. The molecule has 0 saturated heterocycles. The number of fused-ring (bicyclic) bond motifs is 1. The van der Waals surface area contributed by atoms with E-state index in [1.54, 1.807) is 23.1 Å². The number of benzene rings is 2. The minimum absolute atomic E-state index is 0.00108. The Hall–Kier alpha value is -1.80. The summed E-state index contributed by atoms with van der Waals surface area (Å²) in [5.74, 6) is -0.134. The van der Waals surface area contributed by atoms with Crippen LogP contribution in [0.1, 0.15) is 5.56 Å². The molecule has 0 fully saturated rings. The monoisotopic (exact) mass is 414 g/mol. The Labute approximate surface area is 161 Å². The van der Waals surface area contributed by atoms with E-state index in [0.29, 0.717) is 18.7 Å². The minimum Gasteiger partial charge on any atom is -0.375 e. The third kappa shape index (κ3) is 3.81. The lowest BCUT2D eigenvalue weighted by molar-refractivity contribution is -0.122. The molecule has 0 aromatic heterocycles. The largest absolute Gasteiger partial charge is 0.375 e. The second-order valence-corrected chi connectivity index (χ2v) is 8.25. The van der Waals surface area contributed by atoms with Crippen LogP contribution in [0.5, 0.6) is 0 Å². The molecule has 0 bridgehead atoms. The SMILES string of the molecule is COCC(=O)N1CCc2cc(NS(=O)(=O)c3cc(Cl)ccc3Cl)ccc21. The predicted octanol–water partition coefficient (Wildman–Crippen LogP) is 3.33. The lowest BCUT2D eigenvalue weighted by Crippen LogP contribution is -2.31. The number of hydrogen-bond donors (Lipinski definition) is 1. The molecule has 0 spiro atoms. The smallest absolute Gasteiger partial charge is 0.263 e. The zero-order chi connectivity index (χ0) is 18.9. The van der Waals surface area contributed by atoms with Crippen molar-refractivity contribution in [2.75, 3.05) is 29.9 Å². The molecule has 0 aliphatic carbocycles. The highest BCUT2D eigenvalue weighted by molar-refractivity contribution is 7.92. The fourth-order valence-corrected chi connectivity index (χ4v) is 4.63. The van der Waals surface area contributed by atoms with Crippen molar-refractivity contribution in [3.8, 4) is 0 Å². The first kappa shape index (κ1) is 19.0. The van der Waals surface area contributed by atoms with E-state index in [1.807, 2.05) is 0 Å². The van der Waals surface area contributed by atoms with Crippen LogP contribution in [0.25, 0.3) is 0 Å². The number of nitrogens with one attached hydrogen (secondary N) is 1. The summed E-state index contributed by atoms with van der Waals surface area (Å²) in [6.45, 7) is 0.537. The third-order valence-corrected chi connectivity index (χ3v) is 6.08. The maximum atomic E-state index is 12.6. The van der Waals surface area contributed by atoms with Crippen LogP contribution in [0.15, 0.2) is 41.3 Å². The lowest BCUT2D eigenvalue weighted by atomic mass is 10.1. The topological polar surface area (TPSA) is 75.7 Å². The van der Waals surface area contributed by atoms with Crippen molar-refractivity contribution in [2.45, 2.75) is 11.3 Å². The zero-order valence-electron chi connectivity index (χ0n) is 13.8. The Kier molecular flexibility index (Phi) is 5.43. The Morgan fingerprint density at radius 3 is 2.73 bits per heavy atom. The van der Waals surface area contributed by atoms with E-state index in [9.17, 15) is 13.2 Å². The number of nitrogens with zero attached hydrogens (tertiary/aromatic N) is 1. The van der Waals surface area contributed by atoms with Gasteiger partial charge in [-0.2, -0.15) is 0 Å². The third-order valence-electron chi connectivity index (χ3n) is 3.98. The van der Waals surface area contributed by atoms with Crippen LogP contribution in [0.2, 0.25) is 10.0 Å². The van der Waals surface area contributed by atoms with Gasteiger partial charge in [0.2, 0.25) is 0 Å². The van der Waals surface area contributed by atoms with Gasteiger partial charge in [0, 0.05) is 30.1 Å². The highest BCUT2D eigenvalue weighted by Crippen LogP contribution is 2.32. The van der Waals surface area contributed by atoms with Gasteiger partial charge in [0.1, 0.15) is 11.5 Å². The average Bonchev–Trinajstić information content (AvgIpc) is 3.00. The number of hydrogen-bond acceptors (Lipinski definition) is 4. The maximum Gasteiger partial charge on any atom is 0.263 e. The first-order chi connectivity index (χ1) is 12.3. The number of rotatable bonds is 5. The molecule has 138 valence electrons. The van der Waals surface area contributed by atoms with Crippen LogP contribution >= 0.6 is 23.2 Å². The van der Waals surface area contributed by atoms with Gasteiger partial charge in [-0.15, -0.1) is 0 Å². The molecular formula is C17H16Cl2N2O4S. The minimum atomic E-state index is -3.89. The number of amides is 1. The normalized spacial score (nSPS) is 13.6. The number of carbonyl (C=O) groups excluding carboxylic acids is 1. The Balaban J connectivity index is 1.86. The first-order valence-corrected chi connectivity index (χ1v) is 9.96. The first-order valence-electron chi connectivity index (χ1n) is 7.72. The van der Waals surface area contributed by atoms with Crippen molar-refractivity contribution in [2.24, 2.45) is 0 Å². The van der Waals surface area contributed by atoms with E-state index in [-0.39, 0.29) is 27.5 Å². The van der Waals surface area contributed by atoms with Crippen molar-refractivity contribution >= 4 is 50.5 Å². The van der Waals surface area contributed by atoms with Crippen molar-refractivity contribution in [3.05, 3.63) is 52.0 Å². The van der Waals surface area contributed by atoms with Gasteiger partial charge in [0.05, 0.1) is 5.02 Å². The average molecular weight is 415 g/mol. The van der Waals surface area contributed by atoms with Crippen LogP contribution in [0.3, 0.4) is 0 Å². The standard InChI is InChI=1S/C17H16Cl2N2O4S/c1-25-10-17(22)21-7-6-11-8-13(3-5-15(11)21)20-26(23,24)16-9-12(18)2-4-14(16)19/h2-5,8-9,20H,6-7,10H2,1H3. The van der Waals surface area contributed by atoms with E-state index in [1.165, 1.54) is 25.3 Å². The molecule has 2 aromatic rings. The Bertz CT molecular complexity index is 963. The summed E-state index contributed by atoms with van der Waals surface area (Å²) in [5, 5.41) is 0.357. The summed E-state index contributed by atoms with van der Waals surface area (Å²) in [5.41, 5.74) is 2.03. The molecule has 1 aliphatic rings. The molecule has 6 nitrogen and oxygen atoms in total. The summed E-state index contributed by atoms with van der Waals surface area (Å²) in [6, 6.07) is 9.28. The van der Waals surface area contributed by atoms with E-state index in [4.69, 9.17) is 27.9 Å². The fraction of sp³-hybridized carbons (Fsp3) is 0.235. The molecule has 1 amide bonds. The number of halogens is 2. The number of anilines is 2. The van der Waals surface area contributed by atoms with E-state index >= 15 is 0 Å². The molecule has 0 saturated carbocycles. The molecule has 0 radical (unpaired) electrons. The van der Waals surface area contributed by atoms with Gasteiger partial charge in [-0.1, -0.05) is 23.2 Å². The van der Waals surface area contributed by atoms with Gasteiger partial charge in [0.25, 0.3) is 15.9 Å². The van der Waals surface area contributed by atoms with Crippen LogP contribution in [0.4, 0.5) is 11.4 Å². The summed E-state index contributed by atoms with van der Waals surface area (Å²) in [6.07, 6.45) is 0.637. The predicted molar refractivity (Wildman–Crippen MR) is 102 cm³/mol. The molecule has 3 rings (SSSR count). The zero-order valence-corrected chi connectivity index (χ0v) is 16.2. The Morgan fingerprint density at radius 2 is 2.00 bits per heavy atom. The van der Waals surface area contributed by atoms with Crippen molar-refractivity contribution in [1.82, 2.24) is 0 Å². The van der Waals surface area contributed by atoms with Gasteiger partial charge in [0.15, 0.2) is 0 Å². The van der Waals surface area contributed by atoms with Crippen LogP contribution < -0.4 is 9.62 Å². The number of ether oxygens (including phenoxy) is 1. The molecule has 26 heavy (non-hydrogen) atoms. The maximum absolute atomic E-state index is 12.6. The molecule has 9 heteroatoms. The summed E-state index contributed by atoms with van der Waals surface area (Å²) in [7, 11) is -2.42. The van der Waals surface area contributed by atoms with Gasteiger partial charge < -0.3 is 9.64 Å². The van der Waals surface area contributed by atoms with Gasteiger partial charge in [-0.25, -0.2) is 8.42 Å². The molecule has 0 atom stereocenters. The molecular weight excluding hydrogens is 399 g/mol. The molecule has 1 aliphatic heterocycles. The van der Waals surface area contributed by atoms with E-state index in [2.05, 4.69) is 4.72 Å². The van der Waals surface area contributed by atoms with Crippen molar-refractivity contribution in [1.29, 1.82) is 0 Å². The fourth-order valence-electron chi connectivity index (χ4n) is 2.82. The highest BCUT2D eigenvalue weighted by Gasteiger charge is 2.25. The second-order valence-electron chi connectivity index (χ2n) is 5.75. The second kappa shape index (κ2) is 7.44. The van der Waals surface area contributed by atoms with Crippen molar-refractivity contribution < 1.29 is 17.9 Å². The molecule has 1 heterocycles. The van der Waals surface area contributed by atoms with Crippen LogP contribution in [-0.2, 0) is 26.0 Å². The quantitative estimate of drug-likeness (QED) is 0.813. The van der Waals surface area contributed by atoms with E-state index < -0.39 is 10.0 Å². The summed E-state index contributed by atoms with van der Waals surface area (Å²) < 4.78 is 32.6. The summed E-state index contributed by atoms with van der Waals surface area (Å²) >= 11 is 11.9. The lowest BCUT2D eigenvalue weighted by Gasteiger charge is -2.17. The number of methoxy groups -OCH3 is 1. The van der Waals surface area contributed by atoms with Crippen LogP contribution in [-0.4, -0.2) is 34.6 Å². The Morgan fingerprint density at radius 1 is 1.23 bits per heavy atom. The number of sulfonamides is 1.